The van der Waals surface area contributed by atoms with Crippen LogP contribution in [-0.2, 0) is 9.59 Å². The Balaban J connectivity index is 1.92. The number of anilines is 2. The number of nitriles is 1. The van der Waals surface area contributed by atoms with Crippen molar-refractivity contribution in [2.75, 3.05) is 10.2 Å². The summed E-state index contributed by atoms with van der Waals surface area (Å²) in [6.45, 7) is 5.23. The molecule has 0 spiro atoms. The van der Waals surface area contributed by atoms with Crippen LogP contribution in [0.25, 0.3) is 0 Å². The zero-order valence-corrected chi connectivity index (χ0v) is 15.5. The summed E-state index contributed by atoms with van der Waals surface area (Å²) >= 11 is 1.27. The molecule has 0 saturated heterocycles. The van der Waals surface area contributed by atoms with Crippen LogP contribution in [0.5, 0.6) is 0 Å². The third-order valence-electron chi connectivity index (χ3n) is 4.24. The first kappa shape index (κ1) is 18.0. The Morgan fingerprint density at radius 1 is 1.35 bits per heavy atom. The van der Waals surface area contributed by atoms with Gasteiger partial charge in [-0.25, -0.2) is 4.98 Å². The van der Waals surface area contributed by atoms with E-state index in [-0.39, 0.29) is 11.8 Å². The van der Waals surface area contributed by atoms with Gasteiger partial charge in [0, 0.05) is 6.20 Å². The van der Waals surface area contributed by atoms with Crippen molar-refractivity contribution >= 4 is 35.0 Å². The Hall–Kier alpha value is -2.85. The molecule has 1 aliphatic rings. The number of nitrogens with zero attached hydrogens (tertiary/aromatic N) is 3. The van der Waals surface area contributed by atoms with Crippen LogP contribution >= 0.6 is 11.8 Å². The monoisotopic (exact) mass is 366 g/mol. The van der Waals surface area contributed by atoms with E-state index in [1.807, 2.05) is 18.2 Å². The molecule has 0 fully saturated rings. The van der Waals surface area contributed by atoms with Crippen LogP contribution in [0.15, 0.2) is 47.6 Å². The number of carbonyl (C=O) groups excluding carboxylic acids is 2. The Morgan fingerprint density at radius 2 is 2.08 bits per heavy atom. The molecular formula is C19H18N4O2S. The summed E-state index contributed by atoms with van der Waals surface area (Å²) in [7, 11) is 0. The SMILES string of the molecule is CC(Sc1cc(C#N)ccn1)C(=O)N1c2ccccc2NC(=O)C1(C)C. The molecule has 1 N–H and O–H groups in total. The molecule has 1 atom stereocenters. The number of rotatable bonds is 3. The summed E-state index contributed by atoms with van der Waals surface area (Å²) < 4.78 is 0. The standard InChI is InChI=1S/C19H18N4O2S/c1-12(26-16-10-13(11-20)8-9-21-16)17(24)23-15-7-5-4-6-14(15)22-18(25)19(23,2)3/h4-10,12H,1-3H3,(H,22,25). The number of pyridine rings is 1. The van der Waals surface area contributed by atoms with Crippen LogP contribution in [0.4, 0.5) is 11.4 Å². The number of fused-ring (bicyclic) bond motifs is 1. The van der Waals surface area contributed by atoms with Gasteiger partial charge < -0.3 is 5.32 Å². The van der Waals surface area contributed by atoms with E-state index in [1.54, 1.807) is 50.1 Å². The second kappa shape index (κ2) is 6.81. The van der Waals surface area contributed by atoms with Crippen molar-refractivity contribution in [3.8, 4) is 6.07 Å². The first-order valence-corrected chi connectivity index (χ1v) is 9.00. The van der Waals surface area contributed by atoms with E-state index in [9.17, 15) is 9.59 Å². The van der Waals surface area contributed by atoms with Crippen molar-refractivity contribution in [1.82, 2.24) is 4.98 Å². The number of hydrogen-bond donors (Lipinski definition) is 1. The largest absolute Gasteiger partial charge is 0.322 e. The number of carbonyl (C=O) groups is 2. The fraction of sp³-hybridized carbons (Fsp3) is 0.263. The molecule has 0 radical (unpaired) electrons. The maximum atomic E-state index is 13.2. The van der Waals surface area contributed by atoms with E-state index in [4.69, 9.17) is 5.26 Å². The molecule has 132 valence electrons. The summed E-state index contributed by atoms with van der Waals surface area (Å²) in [5, 5.41) is 12.0. The van der Waals surface area contributed by atoms with Crippen LogP contribution in [0.3, 0.4) is 0 Å². The van der Waals surface area contributed by atoms with E-state index in [2.05, 4.69) is 16.4 Å². The van der Waals surface area contributed by atoms with Gasteiger partial charge in [0.15, 0.2) is 0 Å². The molecule has 1 unspecified atom stereocenters. The van der Waals surface area contributed by atoms with E-state index < -0.39 is 10.8 Å². The molecule has 0 saturated carbocycles. The summed E-state index contributed by atoms with van der Waals surface area (Å²) in [5.74, 6) is -0.419. The third kappa shape index (κ3) is 3.16. The predicted octanol–water partition coefficient (Wildman–Crippen LogP) is 3.20. The Kier molecular flexibility index (Phi) is 4.70. The first-order chi connectivity index (χ1) is 12.3. The Morgan fingerprint density at radius 3 is 2.81 bits per heavy atom. The molecule has 0 aliphatic carbocycles. The number of benzene rings is 1. The fourth-order valence-corrected chi connectivity index (χ4v) is 3.69. The zero-order valence-electron chi connectivity index (χ0n) is 14.7. The van der Waals surface area contributed by atoms with Gasteiger partial charge in [-0.15, -0.1) is 0 Å². The maximum absolute atomic E-state index is 13.2. The number of nitrogens with one attached hydrogen (secondary N) is 1. The summed E-state index contributed by atoms with van der Waals surface area (Å²) in [4.78, 5) is 31.5. The Bertz CT molecular complexity index is 920. The summed E-state index contributed by atoms with van der Waals surface area (Å²) in [6, 6.07) is 12.6. The molecule has 2 aromatic rings. The van der Waals surface area contributed by atoms with Crippen molar-refractivity contribution < 1.29 is 9.59 Å². The second-order valence-electron chi connectivity index (χ2n) is 6.46. The summed E-state index contributed by atoms with van der Waals surface area (Å²) in [5.41, 5.74) is 0.771. The van der Waals surface area contributed by atoms with Crippen LogP contribution < -0.4 is 10.2 Å². The molecule has 7 heteroatoms. The van der Waals surface area contributed by atoms with Crippen LogP contribution in [0.1, 0.15) is 26.3 Å². The third-order valence-corrected chi connectivity index (χ3v) is 5.26. The highest BCUT2D eigenvalue weighted by atomic mass is 32.2. The van der Waals surface area contributed by atoms with Crippen LogP contribution in [0.2, 0.25) is 0 Å². The smallest absolute Gasteiger partial charge is 0.250 e. The minimum Gasteiger partial charge on any atom is -0.322 e. The molecule has 1 aromatic carbocycles. The first-order valence-electron chi connectivity index (χ1n) is 8.12. The average Bonchev–Trinajstić information content (AvgIpc) is 2.62. The fourth-order valence-electron chi connectivity index (χ4n) is 2.80. The normalized spacial score (nSPS) is 16.2. The molecule has 1 aliphatic heterocycles. The van der Waals surface area contributed by atoms with E-state index in [0.717, 1.165) is 0 Å². The quantitative estimate of drug-likeness (QED) is 0.843. The van der Waals surface area contributed by atoms with Gasteiger partial charge >= 0.3 is 0 Å². The molecule has 2 heterocycles. The van der Waals surface area contributed by atoms with Crippen LogP contribution in [0, 0.1) is 11.3 Å². The van der Waals surface area contributed by atoms with Gasteiger partial charge in [0.1, 0.15) is 5.54 Å². The van der Waals surface area contributed by atoms with Gasteiger partial charge in [-0.05, 0) is 45.0 Å². The van der Waals surface area contributed by atoms with Crippen molar-refractivity contribution in [2.24, 2.45) is 0 Å². The van der Waals surface area contributed by atoms with Gasteiger partial charge in [-0.2, -0.15) is 5.26 Å². The minimum absolute atomic E-state index is 0.188. The van der Waals surface area contributed by atoms with Crippen LogP contribution in [-0.4, -0.2) is 27.6 Å². The van der Waals surface area contributed by atoms with Crippen molar-refractivity contribution in [2.45, 2.75) is 36.6 Å². The Labute approximate surface area is 156 Å². The number of thioether (sulfide) groups is 1. The molecule has 3 rings (SSSR count). The maximum Gasteiger partial charge on any atom is 0.250 e. The molecule has 6 nitrogen and oxygen atoms in total. The lowest BCUT2D eigenvalue weighted by molar-refractivity contribution is -0.126. The molecule has 0 bridgehead atoms. The van der Waals surface area contributed by atoms with E-state index in [1.165, 1.54) is 11.8 Å². The lowest BCUT2D eigenvalue weighted by atomic mass is 9.96. The van der Waals surface area contributed by atoms with Crippen molar-refractivity contribution in [3.63, 3.8) is 0 Å². The van der Waals surface area contributed by atoms with Gasteiger partial charge in [0.05, 0.1) is 33.3 Å². The lowest BCUT2D eigenvalue weighted by Crippen LogP contribution is -2.60. The van der Waals surface area contributed by atoms with Crippen molar-refractivity contribution in [3.05, 3.63) is 48.2 Å². The summed E-state index contributed by atoms with van der Waals surface area (Å²) in [6.07, 6.45) is 1.55. The highest BCUT2D eigenvalue weighted by Crippen LogP contribution is 2.38. The highest BCUT2D eigenvalue weighted by molar-refractivity contribution is 8.00. The van der Waals surface area contributed by atoms with Gasteiger partial charge in [-0.3, -0.25) is 14.5 Å². The van der Waals surface area contributed by atoms with E-state index >= 15 is 0 Å². The minimum atomic E-state index is -1.01. The number of aromatic nitrogens is 1. The molecule has 26 heavy (non-hydrogen) atoms. The molecule has 2 amide bonds. The van der Waals surface area contributed by atoms with Gasteiger partial charge in [0.2, 0.25) is 11.8 Å². The van der Waals surface area contributed by atoms with Gasteiger partial charge in [0.25, 0.3) is 0 Å². The lowest BCUT2D eigenvalue weighted by Gasteiger charge is -2.43. The molecule has 1 aromatic heterocycles. The van der Waals surface area contributed by atoms with Crippen molar-refractivity contribution in [1.29, 1.82) is 5.26 Å². The van der Waals surface area contributed by atoms with Gasteiger partial charge in [-0.1, -0.05) is 23.9 Å². The molecular weight excluding hydrogens is 348 g/mol. The zero-order chi connectivity index (χ0) is 18.9. The highest BCUT2D eigenvalue weighted by Gasteiger charge is 2.44. The predicted molar refractivity (Wildman–Crippen MR) is 101 cm³/mol. The number of amides is 2. The second-order valence-corrected chi connectivity index (χ2v) is 7.82. The average molecular weight is 366 g/mol. The topological polar surface area (TPSA) is 86.1 Å². The number of hydrogen-bond acceptors (Lipinski definition) is 5. The van der Waals surface area contributed by atoms with E-state index in [0.29, 0.717) is 22.0 Å². The number of para-hydroxylation sites is 2.